The van der Waals surface area contributed by atoms with E-state index in [0.29, 0.717) is 6.42 Å². The lowest BCUT2D eigenvalue weighted by Crippen LogP contribution is -2.98. The van der Waals surface area contributed by atoms with Crippen molar-refractivity contribution < 1.29 is 24.4 Å². The maximum Gasteiger partial charge on any atom is 0.368 e. The molecule has 3 heterocycles. The minimum Gasteiger partial charge on any atom is -0.464 e. The van der Waals surface area contributed by atoms with Crippen LogP contribution in [-0.4, -0.2) is 54.4 Å². The number of hydrogen-bond acceptors (Lipinski definition) is 6. The van der Waals surface area contributed by atoms with Crippen LogP contribution >= 0.6 is 23.1 Å². The number of nitrogens with zero attached hydrogens (tertiary/aromatic N) is 1. The maximum absolute atomic E-state index is 12.8. The molecule has 0 aliphatic carbocycles. The van der Waals surface area contributed by atoms with Gasteiger partial charge >= 0.3 is 5.97 Å². The molecule has 130 valence electrons. The Morgan fingerprint density at radius 2 is 2.21 bits per heavy atom. The lowest BCUT2D eigenvalue weighted by Gasteiger charge is -2.28. The molecule has 0 radical (unpaired) electrons. The second-order valence-electron chi connectivity index (χ2n) is 6.22. The number of hydrogen-bond donors (Lipinski definition) is 1. The minimum atomic E-state index is -1.03. The third kappa shape index (κ3) is 2.39. The number of ether oxygens (including phenoxy) is 1. The molecule has 3 rings (SSSR count). The Hall–Kier alpha value is -1.38. The molecule has 1 aromatic heterocycles. The Kier molecular flexibility index (Phi) is 4.72. The highest BCUT2D eigenvalue weighted by Crippen LogP contribution is 2.46. The normalized spacial score (nSPS) is 32.3. The smallest absolute Gasteiger partial charge is 0.368 e. The average Bonchev–Trinajstić information content (AvgIpc) is 3.27. The number of quaternary nitrogens is 1. The molecular weight excluding hydrogens is 348 g/mol. The fourth-order valence-corrected chi connectivity index (χ4v) is 5.39. The number of thioether (sulfide) groups is 1. The topological polar surface area (TPSA) is 80.3 Å². The Balaban J connectivity index is 2.10. The predicted molar refractivity (Wildman–Crippen MR) is 91.5 cm³/mol. The maximum atomic E-state index is 12.8. The van der Waals surface area contributed by atoms with E-state index in [9.17, 15) is 14.4 Å². The Bertz CT molecular complexity index is 663. The molecule has 0 unspecified atom stereocenters. The van der Waals surface area contributed by atoms with E-state index in [4.69, 9.17) is 4.74 Å². The van der Waals surface area contributed by atoms with E-state index in [-0.39, 0.29) is 17.9 Å². The molecule has 0 bridgehead atoms. The van der Waals surface area contributed by atoms with Crippen LogP contribution in [0.2, 0.25) is 0 Å². The molecular formula is C16H21N2O4S2+. The van der Waals surface area contributed by atoms with Gasteiger partial charge in [-0.2, -0.15) is 11.8 Å². The van der Waals surface area contributed by atoms with E-state index in [1.807, 2.05) is 29.1 Å². The number of carbonyl (C=O) groups is 3. The summed E-state index contributed by atoms with van der Waals surface area (Å²) in [4.78, 5) is 40.4. The number of fused-ring (bicyclic) bond motifs is 1. The van der Waals surface area contributed by atoms with E-state index in [2.05, 4.69) is 0 Å². The highest BCUT2D eigenvalue weighted by molar-refractivity contribution is 7.98. The van der Waals surface area contributed by atoms with E-state index in [0.717, 1.165) is 10.6 Å². The lowest BCUT2D eigenvalue weighted by atomic mass is 9.78. The second kappa shape index (κ2) is 6.50. The Morgan fingerprint density at radius 3 is 2.79 bits per heavy atom. The summed E-state index contributed by atoms with van der Waals surface area (Å²) in [7, 11) is 2.85. The molecule has 0 aromatic carbocycles. The van der Waals surface area contributed by atoms with Crippen molar-refractivity contribution >= 4 is 40.9 Å². The zero-order chi connectivity index (χ0) is 17.5. The quantitative estimate of drug-likeness (QED) is 0.595. The minimum absolute atomic E-state index is 0.199. The van der Waals surface area contributed by atoms with E-state index < -0.39 is 23.3 Å². The van der Waals surface area contributed by atoms with Crippen molar-refractivity contribution in [2.75, 3.05) is 26.2 Å². The molecule has 2 aliphatic rings. The van der Waals surface area contributed by atoms with Gasteiger partial charge in [0.15, 0.2) is 0 Å². The van der Waals surface area contributed by atoms with Crippen LogP contribution in [0, 0.1) is 11.8 Å². The first-order valence-corrected chi connectivity index (χ1v) is 10.0. The van der Waals surface area contributed by atoms with Crippen molar-refractivity contribution in [2.45, 2.75) is 18.0 Å². The molecule has 4 atom stereocenters. The van der Waals surface area contributed by atoms with Crippen molar-refractivity contribution in [1.29, 1.82) is 0 Å². The summed E-state index contributed by atoms with van der Waals surface area (Å²) >= 11 is 3.16. The van der Waals surface area contributed by atoms with Crippen LogP contribution in [0.15, 0.2) is 17.5 Å². The first kappa shape index (κ1) is 17.4. The van der Waals surface area contributed by atoms with Crippen molar-refractivity contribution in [3.63, 3.8) is 0 Å². The summed E-state index contributed by atoms with van der Waals surface area (Å²) in [6.07, 6.45) is 2.46. The SMILES string of the molecule is COC(=O)[C@]1(CCSC)[NH2+][C@@H](c2cccs2)[C@@H]2C(=O)N(C)C(=O)[C@H]21. The molecule has 1 aromatic rings. The molecule has 0 spiro atoms. The van der Waals surface area contributed by atoms with E-state index >= 15 is 0 Å². The van der Waals surface area contributed by atoms with Gasteiger partial charge in [0, 0.05) is 13.5 Å². The van der Waals surface area contributed by atoms with E-state index in [1.165, 1.54) is 19.1 Å². The van der Waals surface area contributed by atoms with Crippen LogP contribution in [-0.2, 0) is 19.1 Å². The fraction of sp³-hybridized carbons (Fsp3) is 0.562. The highest BCUT2D eigenvalue weighted by atomic mass is 32.2. The van der Waals surface area contributed by atoms with Crippen LogP contribution < -0.4 is 5.32 Å². The summed E-state index contributed by atoms with van der Waals surface area (Å²) in [6.45, 7) is 0. The predicted octanol–water partition coefficient (Wildman–Crippen LogP) is 0.262. The molecule has 6 nitrogen and oxygen atoms in total. The monoisotopic (exact) mass is 369 g/mol. The van der Waals surface area contributed by atoms with Crippen LogP contribution in [0.4, 0.5) is 0 Å². The van der Waals surface area contributed by atoms with Gasteiger partial charge in [0.25, 0.3) is 0 Å². The van der Waals surface area contributed by atoms with Gasteiger partial charge in [-0.3, -0.25) is 14.5 Å². The standard InChI is InChI=1S/C16H20N2O4S2/c1-18-13(19)10-11(14(18)20)16(6-8-23-3,15(21)22-2)17-12(10)9-5-4-7-24-9/h4-5,7,10-12,17H,6,8H2,1-3H3/p+1/t10-,11+,12+,16-/m1/s1. The number of imide groups is 1. The summed E-state index contributed by atoms with van der Waals surface area (Å²) in [5, 5.41) is 3.86. The van der Waals surface area contributed by atoms with Crippen LogP contribution in [0.1, 0.15) is 17.3 Å². The van der Waals surface area contributed by atoms with Gasteiger partial charge in [0.1, 0.15) is 17.9 Å². The van der Waals surface area contributed by atoms with Crippen LogP contribution in [0.3, 0.4) is 0 Å². The Labute approximate surface area is 148 Å². The number of nitrogens with two attached hydrogens (primary N) is 1. The van der Waals surface area contributed by atoms with Gasteiger partial charge < -0.3 is 10.1 Å². The average molecular weight is 369 g/mol. The van der Waals surface area contributed by atoms with Gasteiger partial charge in [-0.05, 0) is 23.5 Å². The molecule has 2 N–H and O–H groups in total. The van der Waals surface area contributed by atoms with Gasteiger partial charge in [0.2, 0.25) is 17.4 Å². The number of thiophene rings is 1. The number of methoxy groups -OCH3 is 1. The van der Waals surface area contributed by atoms with Crippen molar-refractivity contribution in [1.82, 2.24) is 4.90 Å². The van der Waals surface area contributed by atoms with Crippen LogP contribution in [0.25, 0.3) is 0 Å². The fourth-order valence-electron chi connectivity index (χ4n) is 4.00. The molecule has 0 saturated carbocycles. The summed E-state index contributed by atoms with van der Waals surface area (Å²) < 4.78 is 5.07. The number of amides is 2. The molecule has 2 fully saturated rings. The highest BCUT2D eigenvalue weighted by Gasteiger charge is 2.71. The molecule has 2 amide bonds. The van der Waals surface area contributed by atoms with Gasteiger partial charge in [-0.1, -0.05) is 6.07 Å². The molecule has 2 saturated heterocycles. The van der Waals surface area contributed by atoms with Gasteiger partial charge in [0.05, 0.1) is 12.0 Å². The molecule has 24 heavy (non-hydrogen) atoms. The number of rotatable bonds is 5. The lowest BCUT2D eigenvalue weighted by molar-refractivity contribution is -0.734. The zero-order valence-electron chi connectivity index (χ0n) is 13.9. The van der Waals surface area contributed by atoms with Gasteiger partial charge in [-0.25, -0.2) is 4.79 Å². The van der Waals surface area contributed by atoms with E-state index in [1.54, 1.807) is 23.1 Å². The number of carbonyl (C=O) groups excluding carboxylic acids is 3. The molecule has 8 heteroatoms. The van der Waals surface area contributed by atoms with Crippen LogP contribution in [0.5, 0.6) is 0 Å². The summed E-state index contributed by atoms with van der Waals surface area (Å²) in [5.41, 5.74) is -1.03. The zero-order valence-corrected chi connectivity index (χ0v) is 15.5. The van der Waals surface area contributed by atoms with Gasteiger partial charge in [-0.15, -0.1) is 11.3 Å². The molecule has 2 aliphatic heterocycles. The number of likely N-dealkylation sites (tertiary alicyclic amines) is 1. The summed E-state index contributed by atoms with van der Waals surface area (Å²) in [6, 6.07) is 3.66. The summed E-state index contributed by atoms with van der Waals surface area (Å²) in [5.74, 6) is -1.34. The third-order valence-corrected chi connectivity index (χ3v) is 6.73. The largest absolute Gasteiger partial charge is 0.464 e. The van der Waals surface area contributed by atoms with Crippen molar-refractivity contribution in [3.05, 3.63) is 22.4 Å². The van der Waals surface area contributed by atoms with Crippen molar-refractivity contribution in [3.8, 4) is 0 Å². The second-order valence-corrected chi connectivity index (χ2v) is 8.19. The number of esters is 1. The first-order chi connectivity index (χ1) is 11.5. The Morgan fingerprint density at radius 1 is 1.46 bits per heavy atom. The first-order valence-electron chi connectivity index (χ1n) is 7.76. The van der Waals surface area contributed by atoms with Crippen molar-refractivity contribution in [2.24, 2.45) is 11.8 Å². The third-order valence-electron chi connectivity index (χ3n) is 5.15.